The molecule has 57 heavy (non-hydrogen) atoms. The Morgan fingerprint density at radius 3 is 2.11 bits per heavy atom. The number of benzene rings is 6. The van der Waals surface area contributed by atoms with E-state index in [-0.39, 0.29) is 17.2 Å². The number of carbonyl (C=O) groups is 1. The quantitative estimate of drug-likeness (QED) is 0.0767. The zero-order valence-corrected chi connectivity index (χ0v) is 32.5. The molecule has 0 bridgehead atoms. The molecule has 0 saturated carbocycles. The number of nitrogens with two attached hydrogens (primary N) is 2. The largest absolute Gasteiger partial charge is 0.384 e. The van der Waals surface area contributed by atoms with Crippen molar-refractivity contribution in [2.24, 2.45) is 11.5 Å². The number of nitrogens with one attached hydrogen (secondary N) is 1. The summed E-state index contributed by atoms with van der Waals surface area (Å²) in [5.74, 6) is 1.02. The van der Waals surface area contributed by atoms with E-state index in [0.29, 0.717) is 25.2 Å². The number of amides is 1. The molecule has 1 fully saturated rings. The summed E-state index contributed by atoms with van der Waals surface area (Å²) in [5, 5.41) is 10.2. The van der Waals surface area contributed by atoms with Gasteiger partial charge in [0.15, 0.2) is 0 Å². The van der Waals surface area contributed by atoms with E-state index in [1.807, 2.05) is 41.3 Å². The SMILES string of the molecule is N=C(N)c1ccc(CCc2nc3cc(C(=O)N(CCN)Cc4ccc5ccccc5c4)ccc3n2CC2(c3ccccc3)CCN(Cc3ccccc3)CC2)cc1. The lowest BCUT2D eigenvalue weighted by molar-refractivity contribution is 0.0748. The van der Waals surface area contributed by atoms with E-state index in [2.05, 4.69) is 119 Å². The van der Waals surface area contributed by atoms with Crippen molar-refractivity contribution in [3.63, 3.8) is 0 Å². The van der Waals surface area contributed by atoms with Crippen LogP contribution in [0.15, 0.2) is 146 Å². The zero-order valence-electron chi connectivity index (χ0n) is 32.5. The highest BCUT2D eigenvalue weighted by atomic mass is 16.2. The van der Waals surface area contributed by atoms with Gasteiger partial charge in [-0.3, -0.25) is 15.1 Å². The lowest BCUT2D eigenvalue weighted by Crippen LogP contribution is -2.44. The summed E-state index contributed by atoms with van der Waals surface area (Å²) in [6.07, 6.45) is 3.56. The summed E-state index contributed by atoms with van der Waals surface area (Å²) in [6, 6.07) is 50.4. The maximum atomic E-state index is 14.2. The van der Waals surface area contributed by atoms with Crippen LogP contribution in [0.2, 0.25) is 0 Å². The van der Waals surface area contributed by atoms with Gasteiger partial charge < -0.3 is 20.9 Å². The summed E-state index contributed by atoms with van der Waals surface area (Å²) in [4.78, 5) is 24.0. The van der Waals surface area contributed by atoms with Crippen LogP contribution in [0.1, 0.15) is 56.8 Å². The van der Waals surface area contributed by atoms with Crippen molar-refractivity contribution in [2.45, 2.75) is 50.7 Å². The van der Waals surface area contributed by atoms with E-state index in [1.165, 1.54) is 16.5 Å². The van der Waals surface area contributed by atoms with E-state index < -0.39 is 0 Å². The Bertz CT molecular complexity index is 2470. The molecule has 7 aromatic rings. The number of hydrogen-bond acceptors (Lipinski definition) is 5. The van der Waals surface area contributed by atoms with Gasteiger partial charge in [-0.25, -0.2) is 4.98 Å². The van der Waals surface area contributed by atoms with Crippen molar-refractivity contribution in [2.75, 3.05) is 26.2 Å². The van der Waals surface area contributed by atoms with Gasteiger partial charge in [0.05, 0.1) is 11.0 Å². The molecular formula is C49H51N7O. The van der Waals surface area contributed by atoms with Gasteiger partial charge in [-0.15, -0.1) is 0 Å². The van der Waals surface area contributed by atoms with Crippen LogP contribution in [-0.4, -0.2) is 57.3 Å². The van der Waals surface area contributed by atoms with E-state index in [4.69, 9.17) is 21.9 Å². The first kappa shape index (κ1) is 37.8. The van der Waals surface area contributed by atoms with Crippen LogP contribution >= 0.6 is 0 Å². The minimum absolute atomic E-state index is 0.0521. The Balaban J connectivity index is 1.12. The molecule has 1 saturated heterocycles. The smallest absolute Gasteiger partial charge is 0.254 e. The van der Waals surface area contributed by atoms with Crippen LogP contribution in [0.5, 0.6) is 0 Å². The van der Waals surface area contributed by atoms with Gasteiger partial charge in [0.2, 0.25) is 0 Å². The van der Waals surface area contributed by atoms with Gasteiger partial charge in [0.25, 0.3) is 5.91 Å². The number of nitrogens with zero attached hydrogens (tertiary/aromatic N) is 4. The Labute approximate surface area is 335 Å². The third-order valence-corrected chi connectivity index (χ3v) is 11.8. The molecule has 0 atom stereocenters. The van der Waals surface area contributed by atoms with E-state index in [9.17, 15) is 4.79 Å². The lowest BCUT2D eigenvalue weighted by Gasteiger charge is -2.43. The highest BCUT2D eigenvalue weighted by molar-refractivity contribution is 5.97. The van der Waals surface area contributed by atoms with Gasteiger partial charge in [-0.2, -0.15) is 0 Å². The predicted octanol–water partition coefficient (Wildman–Crippen LogP) is 8.09. The van der Waals surface area contributed by atoms with Crippen LogP contribution < -0.4 is 11.5 Å². The molecule has 288 valence electrons. The molecule has 8 nitrogen and oxygen atoms in total. The summed E-state index contributed by atoms with van der Waals surface area (Å²) in [6.45, 7) is 5.04. The molecule has 0 radical (unpaired) electrons. The number of carbonyl (C=O) groups excluding carboxylic acids is 1. The molecule has 8 rings (SSSR count). The topological polar surface area (TPSA) is 117 Å². The molecule has 0 unspecified atom stereocenters. The summed E-state index contributed by atoms with van der Waals surface area (Å²) in [5.41, 5.74) is 19.9. The molecule has 1 aromatic heterocycles. The number of aryl methyl sites for hydroxylation is 2. The fourth-order valence-electron chi connectivity index (χ4n) is 8.55. The van der Waals surface area contributed by atoms with Crippen molar-refractivity contribution < 1.29 is 4.79 Å². The average molecular weight is 754 g/mol. The van der Waals surface area contributed by atoms with Gasteiger partial charge >= 0.3 is 0 Å². The van der Waals surface area contributed by atoms with E-state index >= 15 is 0 Å². The molecule has 1 aliphatic heterocycles. The number of nitrogen functional groups attached to an aromatic ring is 1. The summed E-state index contributed by atoms with van der Waals surface area (Å²) >= 11 is 0. The first-order chi connectivity index (χ1) is 27.9. The minimum atomic E-state index is -0.0910. The second kappa shape index (κ2) is 17.0. The molecule has 2 heterocycles. The normalized spacial score (nSPS) is 14.2. The average Bonchev–Trinajstić information content (AvgIpc) is 3.59. The molecule has 6 aromatic carbocycles. The fraction of sp³-hybridized carbons (Fsp3) is 0.245. The maximum absolute atomic E-state index is 14.2. The van der Waals surface area contributed by atoms with Gasteiger partial charge in [-0.1, -0.05) is 121 Å². The van der Waals surface area contributed by atoms with Crippen molar-refractivity contribution in [3.8, 4) is 0 Å². The third-order valence-electron chi connectivity index (χ3n) is 11.8. The minimum Gasteiger partial charge on any atom is -0.384 e. The van der Waals surface area contributed by atoms with Crippen LogP contribution in [0.4, 0.5) is 0 Å². The fourth-order valence-corrected chi connectivity index (χ4v) is 8.55. The molecule has 1 amide bonds. The Hall–Kier alpha value is -6.09. The molecule has 0 spiro atoms. The first-order valence-corrected chi connectivity index (χ1v) is 20.1. The van der Waals surface area contributed by atoms with Gasteiger partial charge in [0.1, 0.15) is 11.7 Å². The summed E-state index contributed by atoms with van der Waals surface area (Å²) in [7, 11) is 0. The number of amidine groups is 1. The Morgan fingerprint density at radius 2 is 1.39 bits per heavy atom. The van der Waals surface area contributed by atoms with Crippen LogP contribution in [0.3, 0.4) is 0 Å². The lowest BCUT2D eigenvalue weighted by atomic mass is 9.72. The summed E-state index contributed by atoms with van der Waals surface area (Å²) < 4.78 is 2.43. The maximum Gasteiger partial charge on any atom is 0.254 e. The van der Waals surface area contributed by atoms with Gasteiger partial charge in [0, 0.05) is 55.7 Å². The standard InChI is InChI=1S/C49H51N7O/c50-27-30-55(34-38-17-19-39-11-7-8-12-41(39)31-38)48(57)42-22-23-45-44(32-42)53-46(24-18-36-15-20-40(21-16-36)47(51)52)56(45)35-49(43-13-5-2-6-14-43)25-28-54(29-26-49)33-37-9-3-1-4-10-37/h1-17,19-23,31-32H,18,24-30,33-35,50H2,(H3,51,52). The number of imidazole rings is 1. The van der Waals surface area contributed by atoms with Crippen molar-refractivity contribution >= 4 is 33.5 Å². The number of fused-ring (bicyclic) bond motifs is 2. The number of aromatic nitrogens is 2. The van der Waals surface area contributed by atoms with Crippen LogP contribution in [0, 0.1) is 5.41 Å². The van der Waals surface area contributed by atoms with E-state index in [0.717, 1.165) is 90.8 Å². The highest BCUT2D eigenvalue weighted by Gasteiger charge is 2.37. The number of piperidine rings is 1. The molecule has 1 aliphatic rings. The molecular weight excluding hydrogens is 703 g/mol. The van der Waals surface area contributed by atoms with Crippen molar-refractivity contribution in [1.82, 2.24) is 19.4 Å². The van der Waals surface area contributed by atoms with E-state index in [1.54, 1.807) is 0 Å². The van der Waals surface area contributed by atoms with Crippen LogP contribution in [-0.2, 0) is 37.9 Å². The Morgan fingerprint density at radius 1 is 0.719 bits per heavy atom. The number of hydrogen-bond donors (Lipinski definition) is 3. The monoisotopic (exact) mass is 753 g/mol. The highest BCUT2D eigenvalue weighted by Crippen LogP contribution is 2.39. The second-order valence-corrected chi connectivity index (χ2v) is 15.5. The predicted molar refractivity (Wildman–Crippen MR) is 231 cm³/mol. The second-order valence-electron chi connectivity index (χ2n) is 15.5. The number of rotatable bonds is 14. The third kappa shape index (κ3) is 8.53. The molecule has 8 heteroatoms. The van der Waals surface area contributed by atoms with Crippen LogP contribution in [0.25, 0.3) is 21.8 Å². The first-order valence-electron chi connectivity index (χ1n) is 20.1. The van der Waals surface area contributed by atoms with Crippen molar-refractivity contribution in [3.05, 3.63) is 185 Å². The molecule has 0 aliphatic carbocycles. The van der Waals surface area contributed by atoms with Crippen molar-refractivity contribution in [1.29, 1.82) is 5.41 Å². The Kier molecular flexibility index (Phi) is 11.2. The number of likely N-dealkylation sites (tertiary alicyclic amines) is 1. The zero-order chi connectivity index (χ0) is 39.2. The molecule has 5 N–H and O–H groups in total. The van der Waals surface area contributed by atoms with Gasteiger partial charge in [-0.05, 0) is 89.6 Å².